The van der Waals surface area contributed by atoms with Crippen LogP contribution in [0.3, 0.4) is 0 Å². The Morgan fingerprint density at radius 2 is 1.57 bits per heavy atom. The molecule has 6 nitrogen and oxygen atoms in total. The Balaban J connectivity index is 1.40. The van der Waals surface area contributed by atoms with E-state index in [-0.39, 0.29) is 11.1 Å². The normalized spacial score (nSPS) is 11.7. The number of nitrogen functional groups attached to an aromatic ring is 1. The van der Waals surface area contributed by atoms with E-state index >= 15 is 0 Å². The molecule has 182 valence electrons. The molecule has 2 N–H and O–H groups in total. The van der Waals surface area contributed by atoms with Crippen LogP contribution in [0.15, 0.2) is 71.8 Å². The molecule has 0 fully saturated rings. The molecule has 2 heterocycles. The maximum Gasteiger partial charge on any atom is 0.346 e. The number of hydrogen-bond donors (Lipinski definition) is 1. The van der Waals surface area contributed by atoms with E-state index in [0.29, 0.717) is 18.8 Å². The Hall–Kier alpha value is -3.67. The summed E-state index contributed by atoms with van der Waals surface area (Å²) in [6.07, 6.45) is 6.09. The van der Waals surface area contributed by atoms with Crippen molar-refractivity contribution in [1.29, 1.82) is 0 Å². The van der Waals surface area contributed by atoms with Crippen LogP contribution in [0.2, 0.25) is 0 Å². The van der Waals surface area contributed by atoms with Crippen LogP contribution in [-0.2, 0) is 31.3 Å². The van der Waals surface area contributed by atoms with E-state index in [0.717, 1.165) is 41.8 Å². The molecule has 0 aliphatic carbocycles. The number of aromatic nitrogens is 4. The smallest absolute Gasteiger partial charge is 0.346 e. The molecule has 35 heavy (non-hydrogen) atoms. The fraction of sp³-hybridized carbons (Fsp3) is 0.345. The third-order valence-corrected chi connectivity index (χ3v) is 6.38. The molecular formula is C29H35N5O. The largest absolute Gasteiger partial charge is 0.397 e. The van der Waals surface area contributed by atoms with Crippen molar-refractivity contribution in [3.8, 4) is 11.1 Å². The van der Waals surface area contributed by atoms with Gasteiger partial charge in [-0.25, -0.2) is 9.48 Å². The van der Waals surface area contributed by atoms with Gasteiger partial charge >= 0.3 is 5.69 Å². The van der Waals surface area contributed by atoms with Crippen LogP contribution in [0.5, 0.6) is 0 Å². The second kappa shape index (κ2) is 10.3. The van der Waals surface area contributed by atoms with Crippen molar-refractivity contribution in [3.63, 3.8) is 0 Å². The molecule has 6 heteroatoms. The monoisotopic (exact) mass is 469 g/mol. The van der Waals surface area contributed by atoms with Crippen LogP contribution in [0.25, 0.3) is 11.1 Å². The zero-order valence-corrected chi connectivity index (χ0v) is 21.2. The highest BCUT2D eigenvalue weighted by atomic mass is 16.2. The van der Waals surface area contributed by atoms with Gasteiger partial charge in [0, 0.05) is 30.9 Å². The van der Waals surface area contributed by atoms with E-state index in [1.54, 1.807) is 15.4 Å². The van der Waals surface area contributed by atoms with Crippen molar-refractivity contribution in [1.82, 2.24) is 19.3 Å². The summed E-state index contributed by atoms with van der Waals surface area (Å²) in [6.45, 7) is 9.72. The molecular weight excluding hydrogens is 434 g/mol. The molecule has 0 bridgehead atoms. The van der Waals surface area contributed by atoms with E-state index in [1.807, 2.05) is 19.2 Å². The minimum atomic E-state index is -0.0394. The molecule has 0 atom stereocenters. The second-order valence-electron chi connectivity index (χ2n) is 10.1. The fourth-order valence-electron chi connectivity index (χ4n) is 4.30. The molecule has 2 aromatic carbocycles. The van der Waals surface area contributed by atoms with E-state index in [2.05, 4.69) is 79.4 Å². The number of anilines is 1. The molecule has 0 radical (unpaired) electrons. The van der Waals surface area contributed by atoms with Gasteiger partial charge < -0.3 is 5.73 Å². The molecule has 0 saturated heterocycles. The van der Waals surface area contributed by atoms with Gasteiger partial charge in [0.15, 0.2) is 0 Å². The Morgan fingerprint density at radius 1 is 0.886 bits per heavy atom. The summed E-state index contributed by atoms with van der Waals surface area (Å²) in [4.78, 5) is 17.1. The van der Waals surface area contributed by atoms with Gasteiger partial charge in [0.2, 0.25) is 0 Å². The van der Waals surface area contributed by atoms with Crippen LogP contribution in [0.1, 0.15) is 56.6 Å². The van der Waals surface area contributed by atoms with Gasteiger partial charge in [0.1, 0.15) is 5.82 Å². The lowest BCUT2D eigenvalue weighted by atomic mass is 9.87. The molecule has 0 unspecified atom stereocenters. The lowest BCUT2D eigenvalue weighted by Crippen LogP contribution is -2.25. The molecule has 2 aromatic heterocycles. The zero-order chi connectivity index (χ0) is 25.0. The predicted octanol–water partition coefficient (Wildman–Crippen LogP) is 5.23. The van der Waals surface area contributed by atoms with Crippen molar-refractivity contribution >= 4 is 5.69 Å². The minimum Gasteiger partial charge on any atom is -0.397 e. The Morgan fingerprint density at radius 3 is 2.20 bits per heavy atom. The fourth-order valence-corrected chi connectivity index (χ4v) is 4.30. The first-order valence-corrected chi connectivity index (χ1v) is 12.3. The Bertz CT molecular complexity index is 1330. The molecule has 0 aliphatic heterocycles. The number of nitrogens with zero attached hydrogens (tertiary/aromatic N) is 4. The SMILES string of the molecule is CCn1c(CCCc2ccc(-c3cncc(N)c3)cc2)nn(Cc2ccc(C(C)(C)C)cc2)c1=O. The minimum absolute atomic E-state index is 0.0394. The second-order valence-corrected chi connectivity index (χ2v) is 10.1. The first-order valence-electron chi connectivity index (χ1n) is 12.3. The van der Waals surface area contributed by atoms with Crippen molar-refractivity contribution in [2.45, 2.75) is 65.5 Å². The average Bonchev–Trinajstić information content (AvgIpc) is 3.13. The number of aryl methyl sites for hydroxylation is 2. The average molecular weight is 470 g/mol. The molecule has 4 rings (SSSR count). The van der Waals surface area contributed by atoms with Gasteiger partial charge in [0.25, 0.3) is 0 Å². The Kier molecular flexibility index (Phi) is 7.20. The third kappa shape index (κ3) is 5.88. The van der Waals surface area contributed by atoms with Crippen molar-refractivity contribution in [2.75, 3.05) is 5.73 Å². The molecule has 0 spiro atoms. The molecule has 0 amide bonds. The van der Waals surface area contributed by atoms with Crippen molar-refractivity contribution in [2.24, 2.45) is 0 Å². The van der Waals surface area contributed by atoms with Crippen LogP contribution in [-0.4, -0.2) is 19.3 Å². The maximum atomic E-state index is 12.9. The maximum absolute atomic E-state index is 12.9. The third-order valence-electron chi connectivity index (χ3n) is 6.38. The van der Waals surface area contributed by atoms with Gasteiger partial charge in [-0.1, -0.05) is 69.3 Å². The highest BCUT2D eigenvalue weighted by Gasteiger charge is 2.15. The quantitative estimate of drug-likeness (QED) is 0.383. The number of nitrogens with two attached hydrogens (primary N) is 1. The summed E-state index contributed by atoms with van der Waals surface area (Å²) >= 11 is 0. The lowest BCUT2D eigenvalue weighted by Gasteiger charge is -2.19. The van der Waals surface area contributed by atoms with Crippen LogP contribution in [0, 0.1) is 0 Å². The van der Waals surface area contributed by atoms with Crippen LogP contribution >= 0.6 is 0 Å². The summed E-state index contributed by atoms with van der Waals surface area (Å²) in [5.41, 5.74) is 12.3. The van der Waals surface area contributed by atoms with Gasteiger partial charge in [0.05, 0.1) is 12.2 Å². The van der Waals surface area contributed by atoms with Gasteiger partial charge in [-0.15, -0.1) is 0 Å². The zero-order valence-electron chi connectivity index (χ0n) is 21.2. The number of rotatable bonds is 8. The summed E-state index contributed by atoms with van der Waals surface area (Å²) in [5, 5.41) is 4.69. The van der Waals surface area contributed by atoms with Gasteiger partial charge in [-0.2, -0.15) is 5.10 Å². The molecule has 0 saturated carbocycles. The first kappa shape index (κ1) is 24.5. The molecule has 4 aromatic rings. The predicted molar refractivity (Wildman–Crippen MR) is 143 cm³/mol. The Labute approximate surface area is 207 Å². The number of pyridine rings is 1. The van der Waals surface area contributed by atoms with Gasteiger partial charge in [-0.05, 0) is 53.5 Å². The van der Waals surface area contributed by atoms with E-state index in [1.165, 1.54) is 11.1 Å². The van der Waals surface area contributed by atoms with E-state index < -0.39 is 0 Å². The summed E-state index contributed by atoms with van der Waals surface area (Å²) < 4.78 is 3.39. The lowest BCUT2D eigenvalue weighted by molar-refractivity contribution is 0.588. The molecule has 0 aliphatic rings. The summed E-state index contributed by atoms with van der Waals surface area (Å²) in [6, 6.07) is 18.9. The van der Waals surface area contributed by atoms with Crippen molar-refractivity contribution in [3.05, 3.63) is 100.0 Å². The van der Waals surface area contributed by atoms with Crippen LogP contribution in [0.4, 0.5) is 5.69 Å². The summed E-state index contributed by atoms with van der Waals surface area (Å²) in [7, 11) is 0. The van der Waals surface area contributed by atoms with Crippen LogP contribution < -0.4 is 11.4 Å². The topological polar surface area (TPSA) is 78.7 Å². The number of benzene rings is 2. The van der Waals surface area contributed by atoms with Gasteiger partial charge in [-0.3, -0.25) is 9.55 Å². The first-order chi connectivity index (χ1) is 16.7. The highest BCUT2D eigenvalue weighted by Crippen LogP contribution is 2.23. The van der Waals surface area contributed by atoms with E-state index in [9.17, 15) is 4.79 Å². The standard InChI is InChI=1S/C29H35N5O/c1-5-33-27(32-34(28(33)35)20-22-11-15-25(16-12-22)29(2,3)4)8-6-7-21-9-13-23(14-10-21)24-17-26(30)19-31-18-24/h9-19H,5-8,20,30H2,1-4H3. The number of hydrogen-bond acceptors (Lipinski definition) is 4. The van der Waals surface area contributed by atoms with E-state index in [4.69, 9.17) is 5.73 Å². The summed E-state index contributed by atoms with van der Waals surface area (Å²) in [5.74, 6) is 0.853. The van der Waals surface area contributed by atoms with Crippen molar-refractivity contribution < 1.29 is 0 Å². The highest BCUT2D eigenvalue weighted by molar-refractivity contribution is 5.66.